The Morgan fingerprint density at radius 3 is 2.58 bits per heavy atom. The van der Waals surface area contributed by atoms with E-state index in [0.717, 1.165) is 32.0 Å². The zero-order chi connectivity index (χ0) is 18.5. The summed E-state index contributed by atoms with van der Waals surface area (Å²) in [5.41, 5.74) is 0. The molecule has 1 aliphatic heterocycles. The van der Waals surface area contributed by atoms with E-state index in [4.69, 9.17) is 4.74 Å². The summed E-state index contributed by atoms with van der Waals surface area (Å²) < 4.78 is 18.5. The van der Waals surface area contributed by atoms with Gasteiger partial charge in [0, 0.05) is 32.2 Å². The molecule has 1 N–H and O–H groups in total. The molecule has 0 bridgehead atoms. The maximum absolute atomic E-state index is 12.9. The van der Waals surface area contributed by atoms with Crippen LogP contribution in [0.25, 0.3) is 0 Å². The molecule has 7 nitrogen and oxygen atoms in total. The van der Waals surface area contributed by atoms with E-state index < -0.39 is 6.10 Å². The zero-order valence-corrected chi connectivity index (χ0v) is 14.9. The van der Waals surface area contributed by atoms with Crippen molar-refractivity contribution in [1.29, 1.82) is 0 Å². The minimum Gasteiger partial charge on any atom is -0.481 e. The molecule has 1 aromatic carbocycles. The maximum atomic E-state index is 12.9. The molecule has 1 unspecified atom stereocenters. The number of hydrogen-bond donors (Lipinski definition) is 1. The van der Waals surface area contributed by atoms with Crippen molar-refractivity contribution in [3.8, 4) is 5.75 Å². The van der Waals surface area contributed by atoms with Gasteiger partial charge in [-0.3, -0.25) is 4.79 Å². The van der Waals surface area contributed by atoms with Crippen molar-refractivity contribution in [3.63, 3.8) is 0 Å². The van der Waals surface area contributed by atoms with Gasteiger partial charge in [-0.05, 0) is 38.2 Å². The Balaban J connectivity index is 1.60. The molecule has 138 valence electrons. The lowest BCUT2D eigenvalue weighted by atomic mass is 10.3. The molecule has 0 aliphatic carbocycles. The Labute approximate surface area is 151 Å². The van der Waals surface area contributed by atoms with Crippen LogP contribution in [0.2, 0.25) is 0 Å². The van der Waals surface area contributed by atoms with Gasteiger partial charge < -0.3 is 19.9 Å². The van der Waals surface area contributed by atoms with Gasteiger partial charge in [0.2, 0.25) is 0 Å². The Hall–Kier alpha value is -2.74. The molecular formula is C18H22FN5O2. The average molecular weight is 359 g/mol. The van der Waals surface area contributed by atoms with E-state index >= 15 is 0 Å². The maximum Gasteiger partial charge on any atom is 0.266 e. The van der Waals surface area contributed by atoms with Gasteiger partial charge in [0.15, 0.2) is 6.10 Å². The number of nitrogens with one attached hydrogen (secondary N) is 1. The number of rotatable bonds is 5. The van der Waals surface area contributed by atoms with E-state index in [-0.39, 0.29) is 11.7 Å². The molecule has 2 heterocycles. The number of hydrogen-bond acceptors (Lipinski definition) is 6. The number of ether oxygens (including phenoxy) is 1. The summed E-state index contributed by atoms with van der Waals surface area (Å²) in [5, 5.41) is 2.74. The van der Waals surface area contributed by atoms with Crippen molar-refractivity contribution in [3.05, 3.63) is 42.5 Å². The molecule has 2 aromatic rings. The van der Waals surface area contributed by atoms with E-state index in [0.29, 0.717) is 11.6 Å². The summed E-state index contributed by atoms with van der Waals surface area (Å²) in [6, 6.07) is 7.29. The highest BCUT2D eigenvalue weighted by Crippen LogP contribution is 2.17. The second-order valence-corrected chi connectivity index (χ2v) is 6.26. The number of aromatic nitrogens is 2. The van der Waals surface area contributed by atoms with Crippen LogP contribution in [-0.4, -0.2) is 60.1 Å². The zero-order valence-electron chi connectivity index (χ0n) is 14.9. The fraction of sp³-hybridized carbons (Fsp3) is 0.389. The number of nitrogens with zero attached hydrogens (tertiary/aromatic N) is 4. The topological polar surface area (TPSA) is 70.6 Å². The molecule has 0 saturated carbocycles. The van der Waals surface area contributed by atoms with Gasteiger partial charge >= 0.3 is 0 Å². The number of amides is 1. The molecule has 1 amide bonds. The smallest absolute Gasteiger partial charge is 0.266 e. The molecule has 1 aromatic heterocycles. The molecule has 0 radical (unpaired) electrons. The lowest BCUT2D eigenvalue weighted by Crippen LogP contribution is -2.44. The molecule has 3 rings (SSSR count). The minimum absolute atomic E-state index is 0.336. The first kappa shape index (κ1) is 18.1. The van der Waals surface area contributed by atoms with Crippen LogP contribution in [-0.2, 0) is 4.79 Å². The quantitative estimate of drug-likeness (QED) is 0.877. The van der Waals surface area contributed by atoms with Crippen LogP contribution in [0.5, 0.6) is 5.75 Å². The van der Waals surface area contributed by atoms with E-state index in [2.05, 4.69) is 32.1 Å². The van der Waals surface area contributed by atoms with Crippen LogP contribution in [0.15, 0.2) is 36.7 Å². The summed E-state index contributed by atoms with van der Waals surface area (Å²) in [7, 11) is 2.09. The number of benzene rings is 1. The van der Waals surface area contributed by atoms with Crippen LogP contribution >= 0.6 is 0 Å². The first-order valence-electron chi connectivity index (χ1n) is 8.50. The lowest BCUT2D eigenvalue weighted by Gasteiger charge is -2.33. The number of halogens is 1. The minimum atomic E-state index is -0.748. The second kappa shape index (κ2) is 8.09. The SMILES string of the molecule is CC(Oc1ccc(F)cc1)C(=O)Nc1cc(N2CCN(C)CC2)ncn1. The second-order valence-electron chi connectivity index (χ2n) is 6.26. The van der Waals surface area contributed by atoms with Crippen LogP contribution in [0.4, 0.5) is 16.0 Å². The van der Waals surface area contributed by atoms with Crippen molar-refractivity contribution < 1.29 is 13.9 Å². The van der Waals surface area contributed by atoms with Crippen LogP contribution in [0.3, 0.4) is 0 Å². The predicted molar refractivity (Wildman–Crippen MR) is 96.9 cm³/mol. The van der Waals surface area contributed by atoms with Gasteiger partial charge in [0.1, 0.15) is 29.5 Å². The molecule has 1 atom stereocenters. The van der Waals surface area contributed by atoms with Gasteiger partial charge in [-0.25, -0.2) is 14.4 Å². The van der Waals surface area contributed by atoms with Gasteiger partial charge in [0.05, 0.1) is 0 Å². The number of likely N-dealkylation sites (N-methyl/N-ethyl adjacent to an activating group) is 1. The van der Waals surface area contributed by atoms with E-state index in [1.54, 1.807) is 13.0 Å². The van der Waals surface area contributed by atoms with Crippen molar-refractivity contribution >= 4 is 17.5 Å². The third-order valence-corrected chi connectivity index (χ3v) is 4.23. The molecule has 0 spiro atoms. The third kappa shape index (κ3) is 4.66. The average Bonchev–Trinajstić information content (AvgIpc) is 2.64. The van der Waals surface area contributed by atoms with E-state index in [1.165, 1.54) is 30.6 Å². The van der Waals surface area contributed by atoms with Crippen LogP contribution in [0, 0.1) is 5.82 Å². The molecule has 8 heteroatoms. The standard InChI is InChI=1S/C18H22FN5O2/c1-13(26-15-5-3-14(19)4-6-15)18(25)22-16-11-17(21-12-20-16)24-9-7-23(2)8-10-24/h3-6,11-13H,7-10H2,1-2H3,(H,20,21,22,25). The van der Waals surface area contributed by atoms with Gasteiger partial charge in [-0.2, -0.15) is 0 Å². The summed E-state index contributed by atoms with van der Waals surface area (Å²) in [5.74, 6) is 0.947. The Kier molecular flexibility index (Phi) is 5.62. The van der Waals surface area contributed by atoms with Gasteiger partial charge in [0.25, 0.3) is 5.91 Å². The molecule has 1 fully saturated rings. The number of piperazine rings is 1. The van der Waals surface area contributed by atoms with Crippen molar-refractivity contribution in [2.24, 2.45) is 0 Å². The van der Waals surface area contributed by atoms with Crippen LogP contribution in [0.1, 0.15) is 6.92 Å². The third-order valence-electron chi connectivity index (χ3n) is 4.23. The summed E-state index contributed by atoms with van der Waals surface area (Å²) in [6.07, 6.45) is 0.692. The molecule has 1 aliphatic rings. The summed E-state index contributed by atoms with van der Waals surface area (Å²) >= 11 is 0. The largest absolute Gasteiger partial charge is 0.481 e. The Morgan fingerprint density at radius 2 is 1.88 bits per heavy atom. The first-order chi connectivity index (χ1) is 12.5. The highest BCUT2D eigenvalue weighted by atomic mass is 19.1. The predicted octanol–water partition coefficient (Wildman–Crippen LogP) is 1.77. The Bertz CT molecular complexity index is 748. The van der Waals surface area contributed by atoms with Crippen LogP contribution < -0.4 is 15.0 Å². The lowest BCUT2D eigenvalue weighted by molar-refractivity contribution is -0.122. The van der Waals surface area contributed by atoms with E-state index in [9.17, 15) is 9.18 Å². The molecular weight excluding hydrogens is 337 g/mol. The fourth-order valence-electron chi connectivity index (χ4n) is 2.62. The summed E-state index contributed by atoms with van der Waals surface area (Å²) in [4.78, 5) is 25.1. The molecule has 1 saturated heterocycles. The first-order valence-corrected chi connectivity index (χ1v) is 8.50. The molecule has 26 heavy (non-hydrogen) atoms. The van der Waals surface area contributed by atoms with Gasteiger partial charge in [-0.1, -0.05) is 0 Å². The van der Waals surface area contributed by atoms with E-state index in [1.807, 2.05) is 0 Å². The number of carbonyl (C=O) groups excluding carboxylic acids is 1. The van der Waals surface area contributed by atoms with Crippen molar-refractivity contribution in [2.75, 3.05) is 43.4 Å². The fourth-order valence-corrected chi connectivity index (χ4v) is 2.62. The number of carbonyl (C=O) groups is 1. The summed E-state index contributed by atoms with van der Waals surface area (Å²) in [6.45, 7) is 5.32. The normalized spacial score (nSPS) is 16.2. The number of anilines is 2. The van der Waals surface area contributed by atoms with Crippen molar-refractivity contribution in [2.45, 2.75) is 13.0 Å². The van der Waals surface area contributed by atoms with Gasteiger partial charge in [-0.15, -0.1) is 0 Å². The monoisotopic (exact) mass is 359 g/mol. The Morgan fingerprint density at radius 1 is 1.19 bits per heavy atom. The van der Waals surface area contributed by atoms with Crippen molar-refractivity contribution in [1.82, 2.24) is 14.9 Å². The highest BCUT2D eigenvalue weighted by Gasteiger charge is 2.18. The highest BCUT2D eigenvalue weighted by molar-refractivity contribution is 5.93.